The zero-order valence-corrected chi connectivity index (χ0v) is 23.0. The third-order valence-corrected chi connectivity index (χ3v) is 6.26. The van der Waals surface area contributed by atoms with Gasteiger partial charge in [0.25, 0.3) is 0 Å². The lowest BCUT2D eigenvalue weighted by Gasteiger charge is -2.14. The summed E-state index contributed by atoms with van der Waals surface area (Å²) in [6.45, 7) is 8.81. The quantitative estimate of drug-likeness (QED) is 0.198. The third kappa shape index (κ3) is 14.5. The number of ether oxygens (including phenoxy) is 1. The highest BCUT2D eigenvalue weighted by atomic mass is 16.5. The highest BCUT2D eigenvalue weighted by molar-refractivity contribution is 5.41. The molecule has 0 bridgehead atoms. The van der Waals surface area contributed by atoms with Crippen molar-refractivity contribution in [2.24, 2.45) is 0 Å². The summed E-state index contributed by atoms with van der Waals surface area (Å²) >= 11 is 0. The molecule has 0 radical (unpaired) electrons. The van der Waals surface area contributed by atoms with Gasteiger partial charge < -0.3 is 4.74 Å². The van der Waals surface area contributed by atoms with Crippen molar-refractivity contribution in [2.75, 3.05) is 0 Å². The fourth-order valence-electron chi connectivity index (χ4n) is 4.28. The summed E-state index contributed by atoms with van der Waals surface area (Å²) in [5.41, 5.74) is 2.70. The van der Waals surface area contributed by atoms with Crippen molar-refractivity contribution >= 4 is 0 Å². The van der Waals surface area contributed by atoms with Crippen LogP contribution in [0.2, 0.25) is 0 Å². The fraction of sp³-hybridized carbons (Fsp3) is 0.636. The highest BCUT2D eigenvalue weighted by Gasteiger charge is 2.08. The smallest absolute Gasteiger partial charge is 0.130 e. The van der Waals surface area contributed by atoms with Gasteiger partial charge in [-0.3, -0.25) is 0 Å². The lowest BCUT2D eigenvalue weighted by Crippen LogP contribution is -1.96. The highest BCUT2D eigenvalue weighted by Crippen LogP contribution is 2.30. The molecule has 0 heterocycles. The molecule has 192 valence electrons. The molecule has 0 aromatic heterocycles. The Hall–Kier alpha value is -1.76. The first-order valence-electron chi connectivity index (χ1n) is 14.6. The maximum Gasteiger partial charge on any atom is 0.130 e. The number of aryl methyl sites for hydroxylation is 2. The molecule has 0 N–H and O–H groups in total. The Kier molecular flexibility index (Phi) is 19.4. The van der Waals surface area contributed by atoms with E-state index in [0.717, 1.165) is 24.3 Å². The van der Waals surface area contributed by atoms with Gasteiger partial charge in [0.2, 0.25) is 0 Å². The average molecular weight is 467 g/mol. The van der Waals surface area contributed by atoms with Crippen LogP contribution in [0.1, 0.15) is 135 Å². The SMILES string of the molecule is CCC.CCCCCCCCCc1ccccc1Oc1ccccc1CCCCCCCCC. The second-order valence-corrected chi connectivity index (χ2v) is 9.77. The van der Waals surface area contributed by atoms with E-state index in [1.54, 1.807) is 0 Å². The average Bonchev–Trinajstić information content (AvgIpc) is 2.85. The number of hydrogen-bond donors (Lipinski definition) is 0. The minimum absolute atomic E-state index is 1.04. The number of hydrogen-bond acceptors (Lipinski definition) is 1. The summed E-state index contributed by atoms with van der Waals surface area (Å²) in [7, 11) is 0. The minimum Gasteiger partial charge on any atom is -0.457 e. The molecule has 0 aliphatic carbocycles. The molecule has 0 saturated heterocycles. The van der Waals surface area contributed by atoms with E-state index in [1.807, 2.05) is 0 Å². The van der Waals surface area contributed by atoms with Crippen LogP contribution in [0.25, 0.3) is 0 Å². The first kappa shape index (κ1) is 30.3. The van der Waals surface area contributed by atoms with Crippen LogP contribution in [-0.2, 0) is 12.8 Å². The van der Waals surface area contributed by atoms with Crippen LogP contribution in [0.3, 0.4) is 0 Å². The van der Waals surface area contributed by atoms with E-state index in [4.69, 9.17) is 4.74 Å². The van der Waals surface area contributed by atoms with Gasteiger partial charge >= 0.3 is 0 Å². The molecule has 0 amide bonds. The van der Waals surface area contributed by atoms with E-state index in [1.165, 1.54) is 107 Å². The summed E-state index contributed by atoms with van der Waals surface area (Å²) < 4.78 is 6.46. The molecule has 1 nitrogen and oxygen atoms in total. The Morgan fingerprint density at radius 3 is 1.15 bits per heavy atom. The van der Waals surface area contributed by atoms with Crippen molar-refractivity contribution in [1.82, 2.24) is 0 Å². The van der Waals surface area contributed by atoms with Crippen LogP contribution in [0.4, 0.5) is 0 Å². The molecule has 2 rings (SSSR count). The van der Waals surface area contributed by atoms with Gasteiger partial charge in [0.15, 0.2) is 0 Å². The number of rotatable bonds is 18. The van der Waals surface area contributed by atoms with Gasteiger partial charge in [0.1, 0.15) is 11.5 Å². The van der Waals surface area contributed by atoms with Gasteiger partial charge in [-0.05, 0) is 48.9 Å². The zero-order chi connectivity index (χ0) is 24.7. The fourth-order valence-corrected chi connectivity index (χ4v) is 4.28. The number of benzene rings is 2. The predicted octanol–water partition coefficient (Wildman–Crippen LogP) is 11.5. The maximum absolute atomic E-state index is 6.46. The van der Waals surface area contributed by atoms with Gasteiger partial charge in [-0.1, -0.05) is 148 Å². The van der Waals surface area contributed by atoms with Crippen molar-refractivity contribution in [1.29, 1.82) is 0 Å². The lowest BCUT2D eigenvalue weighted by atomic mass is 10.0. The molecule has 0 spiro atoms. The molecule has 1 heteroatoms. The van der Waals surface area contributed by atoms with Crippen molar-refractivity contribution in [3.05, 3.63) is 59.7 Å². The van der Waals surface area contributed by atoms with Gasteiger partial charge in [-0.15, -0.1) is 0 Å². The van der Waals surface area contributed by atoms with Crippen molar-refractivity contribution in [3.8, 4) is 11.5 Å². The summed E-state index contributed by atoms with van der Waals surface area (Å²) in [5, 5.41) is 0. The normalized spacial score (nSPS) is 10.6. The van der Waals surface area contributed by atoms with Crippen LogP contribution >= 0.6 is 0 Å². The van der Waals surface area contributed by atoms with E-state index in [9.17, 15) is 0 Å². The summed E-state index contributed by atoms with van der Waals surface area (Å²) in [6.07, 6.45) is 22.4. The van der Waals surface area contributed by atoms with E-state index in [-0.39, 0.29) is 0 Å². The summed E-state index contributed by atoms with van der Waals surface area (Å²) in [6, 6.07) is 17.3. The van der Waals surface area contributed by atoms with Gasteiger partial charge in [-0.2, -0.15) is 0 Å². The third-order valence-electron chi connectivity index (χ3n) is 6.26. The second-order valence-electron chi connectivity index (χ2n) is 9.77. The molecular formula is C33H54O. The van der Waals surface area contributed by atoms with Crippen LogP contribution < -0.4 is 4.74 Å². The summed E-state index contributed by atoms with van der Waals surface area (Å²) in [4.78, 5) is 0. The first-order chi connectivity index (χ1) is 16.8. The van der Waals surface area contributed by atoms with Crippen LogP contribution in [0.15, 0.2) is 48.5 Å². The Morgan fingerprint density at radius 1 is 0.441 bits per heavy atom. The molecule has 0 aliphatic rings. The molecule has 0 unspecified atom stereocenters. The molecule has 0 fully saturated rings. The van der Waals surface area contributed by atoms with Gasteiger partial charge in [-0.25, -0.2) is 0 Å². The van der Waals surface area contributed by atoms with Crippen LogP contribution in [0, 0.1) is 0 Å². The minimum atomic E-state index is 1.04. The maximum atomic E-state index is 6.46. The summed E-state index contributed by atoms with van der Waals surface area (Å²) in [5.74, 6) is 2.08. The zero-order valence-electron chi connectivity index (χ0n) is 23.0. The van der Waals surface area contributed by atoms with Gasteiger partial charge in [0.05, 0.1) is 0 Å². The van der Waals surface area contributed by atoms with Crippen molar-refractivity contribution in [3.63, 3.8) is 0 Å². The topological polar surface area (TPSA) is 9.23 Å². The predicted molar refractivity (Wildman–Crippen MR) is 152 cm³/mol. The molecule has 34 heavy (non-hydrogen) atoms. The second kappa shape index (κ2) is 21.8. The Bertz CT molecular complexity index is 646. The first-order valence-corrected chi connectivity index (χ1v) is 14.6. The molecule has 0 atom stereocenters. The molecule has 2 aromatic carbocycles. The standard InChI is InChI=1S/C30H46O.C3H8/c1-3-5-7-9-11-13-15-21-27-23-17-19-25-29(27)31-30-26-20-18-24-28(30)22-16-14-12-10-8-6-4-2;1-3-2/h17-20,23-26H,3-16,21-22H2,1-2H3;3H2,1-2H3. The molecular weight excluding hydrogens is 412 g/mol. The van der Waals surface area contributed by atoms with Gasteiger partial charge in [0, 0.05) is 0 Å². The largest absolute Gasteiger partial charge is 0.457 e. The Morgan fingerprint density at radius 2 is 0.765 bits per heavy atom. The monoisotopic (exact) mass is 466 g/mol. The van der Waals surface area contributed by atoms with E-state index in [2.05, 4.69) is 76.2 Å². The van der Waals surface area contributed by atoms with E-state index < -0.39 is 0 Å². The number of para-hydroxylation sites is 2. The van der Waals surface area contributed by atoms with Crippen molar-refractivity contribution < 1.29 is 4.74 Å². The molecule has 2 aromatic rings. The Labute approximate surface area is 212 Å². The van der Waals surface area contributed by atoms with E-state index >= 15 is 0 Å². The van der Waals surface area contributed by atoms with Crippen LogP contribution in [0.5, 0.6) is 11.5 Å². The van der Waals surface area contributed by atoms with Crippen molar-refractivity contribution in [2.45, 2.75) is 137 Å². The van der Waals surface area contributed by atoms with Crippen LogP contribution in [-0.4, -0.2) is 0 Å². The Balaban J connectivity index is 0.00000182. The lowest BCUT2D eigenvalue weighted by molar-refractivity contribution is 0.466. The number of unbranched alkanes of at least 4 members (excludes halogenated alkanes) is 12. The molecule has 0 aliphatic heterocycles. The molecule has 0 saturated carbocycles. The van der Waals surface area contributed by atoms with E-state index in [0.29, 0.717) is 0 Å².